The second kappa shape index (κ2) is 6.11. The average molecular weight is 403 g/mol. The molecule has 1 aromatic carbocycles. The standard InChI is InChI=1S/C19H24F3NO3S/c1-12-17-9-14-5-6-15(26-27(24,25)19(20,21)22)10-16(14)18(12,2)7-8-23(17)11-13-3-4-13/h5-6,10,12-13,17H,3-4,7-9,11H2,1-2H3/t12-,17+,18+/m1/s1. The summed E-state index contributed by atoms with van der Waals surface area (Å²) < 4.78 is 65.0. The van der Waals surface area contributed by atoms with Gasteiger partial charge in [-0.1, -0.05) is 19.9 Å². The van der Waals surface area contributed by atoms with E-state index >= 15 is 0 Å². The number of hydrogen-bond acceptors (Lipinski definition) is 4. The number of fused-ring (bicyclic) bond motifs is 4. The number of piperidine rings is 1. The Hall–Kier alpha value is -1.28. The highest BCUT2D eigenvalue weighted by molar-refractivity contribution is 7.88. The number of likely N-dealkylation sites (tertiary alicyclic amines) is 1. The first-order chi connectivity index (χ1) is 12.5. The number of hydrogen-bond donors (Lipinski definition) is 0. The van der Waals surface area contributed by atoms with Gasteiger partial charge in [0.15, 0.2) is 0 Å². The van der Waals surface area contributed by atoms with Crippen LogP contribution in [-0.4, -0.2) is 38.0 Å². The minimum absolute atomic E-state index is 0.195. The van der Waals surface area contributed by atoms with Crippen molar-refractivity contribution in [3.05, 3.63) is 29.3 Å². The first-order valence-corrected chi connectivity index (χ1v) is 10.8. The van der Waals surface area contributed by atoms with E-state index in [9.17, 15) is 21.6 Å². The molecule has 0 unspecified atom stereocenters. The topological polar surface area (TPSA) is 46.6 Å². The summed E-state index contributed by atoms with van der Waals surface area (Å²) in [4.78, 5) is 2.57. The van der Waals surface area contributed by atoms with Gasteiger partial charge in [-0.25, -0.2) is 0 Å². The molecule has 0 amide bonds. The predicted molar refractivity (Wildman–Crippen MR) is 95.0 cm³/mol. The van der Waals surface area contributed by atoms with Crippen LogP contribution in [-0.2, 0) is 22.0 Å². The Morgan fingerprint density at radius 1 is 1.30 bits per heavy atom. The highest BCUT2D eigenvalue weighted by Gasteiger charge is 2.50. The molecule has 1 aromatic rings. The van der Waals surface area contributed by atoms with Crippen LogP contribution in [0.4, 0.5) is 13.2 Å². The van der Waals surface area contributed by atoms with Gasteiger partial charge in [0.25, 0.3) is 0 Å². The SMILES string of the molecule is C[C@@H]1[C@@H]2Cc3ccc(OS(=O)(=O)C(F)(F)F)cc3[C@@]1(C)CCN2CC1CC1. The Kier molecular flexibility index (Phi) is 4.31. The van der Waals surface area contributed by atoms with Crippen LogP contribution in [0.3, 0.4) is 0 Å². The fourth-order valence-corrected chi connectivity index (χ4v) is 5.22. The molecule has 1 heterocycles. The summed E-state index contributed by atoms with van der Waals surface area (Å²) in [6, 6.07) is 4.99. The van der Waals surface area contributed by atoms with E-state index in [0.29, 0.717) is 12.0 Å². The van der Waals surface area contributed by atoms with Crippen molar-refractivity contribution in [1.29, 1.82) is 0 Å². The number of halogens is 3. The molecule has 0 spiro atoms. The van der Waals surface area contributed by atoms with Crippen LogP contribution < -0.4 is 4.18 Å². The summed E-state index contributed by atoms with van der Waals surface area (Å²) in [5.41, 5.74) is -3.62. The lowest BCUT2D eigenvalue weighted by Crippen LogP contribution is -2.58. The van der Waals surface area contributed by atoms with Crippen molar-refractivity contribution in [2.75, 3.05) is 13.1 Å². The summed E-state index contributed by atoms with van der Waals surface area (Å²) in [7, 11) is -5.66. The second-order valence-electron chi connectivity index (χ2n) is 8.47. The molecular weight excluding hydrogens is 379 g/mol. The molecule has 2 bridgehead atoms. The lowest BCUT2D eigenvalue weighted by molar-refractivity contribution is -0.0500. The van der Waals surface area contributed by atoms with Gasteiger partial charge in [-0.15, -0.1) is 0 Å². The Morgan fingerprint density at radius 2 is 2.00 bits per heavy atom. The molecule has 27 heavy (non-hydrogen) atoms. The largest absolute Gasteiger partial charge is 0.534 e. The quantitative estimate of drug-likeness (QED) is 0.566. The molecule has 2 aliphatic carbocycles. The van der Waals surface area contributed by atoms with Crippen LogP contribution >= 0.6 is 0 Å². The third kappa shape index (κ3) is 3.24. The lowest BCUT2D eigenvalue weighted by Gasteiger charge is -2.54. The molecule has 1 aliphatic heterocycles. The zero-order valence-corrected chi connectivity index (χ0v) is 16.2. The molecule has 1 saturated heterocycles. The van der Waals surface area contributed by atoms with E-state index in [0.717, 1.165) is 43.0 Å². The Balaban J connectivity index is 1.64. The molecule has 0 radical (unpaired) electrons. The molecule has 150 valence electrons. The fraction of sp³-hybridized carbons (Fsp3) is 0.684. The van der Waals surface area contributed by atoms with Gasteiger partial charge < -0.3 is 4.18 Å². The van der Waals surface area contributed by atoms with Crippen molar-refractivity contribution in [3.8, 4) is 5.75 Å². The van der Waals surface area contributed by atoms with Crippen LogP contribution in [0.15, 0.2) is 18.2 Å². The van der Waals surface area contributed by atoms with Crippen LogP contribution in [0.2, 0.25) is 0 Å². The van der Waals surface area contributed by atoms with Crippen LogP contribution in [0.5, 0.6) is 5.75 Å². The third-order valence-corrected chi connectivity index (χ3v) is 7.75. The van der Waals surface area contributed by atoms with Gasteiger partial charge in [-0.05, 0) is 72.7 Å². The number of benzene rings is 1. The Morgan fingerprint density at radius 3 is 2.63 bits per heavy atom. The third-order valence-electron chi connectivity index (χ3n) is 6.77. The van der Waals surface area contributed by atoms with Crippen LogP contribution in [0.25, 0.3) is 0 Å². The van der Waals surface area contributed by atoms with Gasteiger partial charge in [0, 0.05) is 12.6 Å². The maximum atomic E-state index is 12.6. The van der Waals surface area contributed by atoms with Crippen molar-refractivity contribution < 1.29 is 25.8 Å². The van der Waals surface area contributed by atoms with E-state index in [1.165, 1.54) is 25.0 Å². The summed E-state index contributed by atoms with van der Waals surface area (Å²) in [5.74, 6) is 0.886. The van der Waals surface area contributed by atoms with Crippen molar-refractivity contribution in [3.63, 3.8) is 0 Å². The highest BCUT2D eigenvalue weighted by atomic mass is 32.2. The molecular formula is C19H24F3NO3S. The van der Waals surface area contributed by atoms with E-state index in [2.05, 4.69) is 22.9 Å². The van der Waals surface area contributed by atoms with E-state index in [4.69, 9.17) is 0 Å². The number of nitrogens with zero attached hydrogens (tertiary/aromatic N) is 1. The molecule has 0 aromatic heterocycles. The van der Waals surface area contributed by atoms with Gasteiger partial charge in [0.05, 0.1) is 0 Å². The van der Waals surface area contributed by atoms with Crippen LogP contribution in [0.1, 0.15) is 44.2 Å². The van der Waals surface area contributed by atoms with E-state index in [1.54, 1.807) is 6.07 Å². The zero-order chi connectivity index (χ0) is 19.6. The molecule has 0 N–H and O–H groups in total. The molecule has 4 rings (SSSR count). The van der Waals surface area contributed by atoms with Gasteiger partial charge in [0.1, 0.15) is 5.75 Å². The zero-order valence-electron chi connectivity index (χ0n) is 15.4. The first-order valence-electron chi connectivity index (χ1n) is 9.39. The lowest BCUT2D eigenvalue weighted by atomic mass is 9.59. The van der Waals surface area contributed by atoms with Crippen LogP contribution in [0, 0.1) is 11.8 Å². The monoisotopic (exact) mass is 403 g/mol. The normalized spacial score (nSPS) is 31.4. The first kappa shape index (κ1) is 19.1. The molecule has 8 heteroatoms. The van der Waals surface area contributed by atoms with E-state index in [1.807, 2.05) is 0 Å². The Bertz CT molecular complexity index is 850. The molecule has 2 fully saturated rings. The van der Waals surface area contributed by atoms with E-state index in [-0.39, 0.29) is 11.2 Å². The van der Waals surface area contributed by atoms with Crippen molar-refractivity contribution in [1.82, 2.24) is 4.90 Å². The molecule has 3 aliphatic rings. The highest BCUT2D eigenvalue weighted by Crippen LogP contribution is 2.50. The molecule has 1 saturated carbocycles. The maximum Gasteiger partial charge on any atom is 0.534 e. The smallest absolute Gasteiger partial charge is 0.376 e. The number of alkyl halides is 3. The summed E-state index contributed by atoms with van der Waals surface area (Å²) >= 11 is 0. The molecule has 3 atom stereocenters. The fourth-order valence-electron chi connectivity index (χ4n) is 4.77. The summed E-state index contributed by atoms with van der Waals surface area (Å²) in [5, 5.41) is 0. The van der Waals surface area contributed by atoms with Crippen molar-refractivity contribution in [2.24, 2.45) is 11.8 Å². The minimum atomic E-state index is -5.66. The van der Waals surface area contributed by atoms with E-state index < -0.39 is 15.6 Å². The van der Waals surface area contributed by atoms with Gasteiger partial charge in [0.2, 0.25) is 0 Å². The van der Waals surface area contributed by atoms with Gasteiger partial charge in [-0.3, -0.25) is 4.90 Å². The summed E-state index contributed by atoms with van der Waals surface area (Å²) in [6.45, 7) is 6.44. The predicted octanol–water partition coefficient (Wildman–Crippen LogP) is 3.85. The molecule has 4 nitrogen and oxygen atoms in total. The van der Waals surface area contributed by atoms with Crippen molar-refractivity contribution in [2.45, 2.75) is 56.5 Å². The van der Waals surface area contributed by atoms with Gasteiger partial charge >= 0.3 is 15.6 Å². The minimum Gasteiger partial charge on any atom is -0.376 e. The second-order valence-corrected chi connectivity index (χ2v) is 10.0. The van der Waals surface area contributed by atoms with Gasteiger partial charge in [-0.2, -0.15) is 21.6 Å². The Labute approximate surface area is 157 Å². The average Bonchev–Trinajstić information content (AvgIpc) is 3.37. The number of rotatable bonds is 4. The summed E-state index contributed by atoms with van der Waals surface area (Å²) in [6.07, 6.45) is 4.35. The maximum absolute atomic E-state index is 12.6. The van der Waals surface area contributed by atoms with Crippen molar-refractivity contribution >= 4 is 10.1 Å².